The summed E-state index contributed by atoms with van der Waals surface area (Å²) in [5.41, 5.74) is 1.56. The Bertz CT molecular complexity index is 472. The molecule has 2 N–H and O–H groups in total. The van der Waals surface area contributed by atoms with Crippen LogP contribution in [0.3, 0.4) is 0 Å². The van der Waals surface area contributed by atoms with Gasteiger partial charge >= 0.3 is 0 Å². The predicted octanol–water partition coefficient (Wildman–Crippen LogP) is 1.10. The molecular formula is C12H21N3O2S. The predicted molar refractivity (Wildman–Crippen MR) is 76.7 cm³/mol. The van der Waals surface area contributed by atoms with E-state index in [1.54, 1.807) is 6.07 Å². The summed E-state index contributed by atoms with van der Waals surface area (Å²) in [6.07, 6.45) is 0. The van der Waals surface area contributed by atoms with Crippen molar-refractivity contribution in [2.45, 2.75) is 6.92 Å². The molecule has 18 heavy (non-hydrogen) atoms. The van der Waals surface area contributed by atoms with E-state index in [2.05, 4.69) is 10.0 Å². The number of rotatable bonds is 7. The molecular weight excluding hydrogens is 250 g/mol. The second-order valence-corrected chi connectivity index (χ2v) is 6.06. The quantitative estimate of drug-likeness (QED) is 0.729. The second kappa shape index (κ2) is 6.61. The van der Waals surface area contributed by atoms with Crippen LogP contribution in [-0.2, 0) is 10.0 Å². The highest BCUT2D eigenvalue weighted by atomic mass is 32.2. The van der Waals surface area contributed by atoms with Gasteiger partial charge in [-0.3, -0.25) is 4.72 Å². The monoisotopic (exact) mass is 271 g/mol. The molecule has 1 aromatic carbocycles. The smallest absolute Gasteiger partial charge is 0.233 e. The van der Waals surface area contributed by atoms with Crippen LogP contribution < -0.4 is 14.9 Å². The van der Waals surface area contributed by atoms with Gasteiger partial charge in [-0.1, -0.05) is 13.0 Å². The van der Waals surface area contributed by atoms with Crippen molar-refractivity contribution in [3.63, 3.8) is 0 Å². The normalized spacial score (nSPS) is 11.3. The van der Waals surface area contributed by atoms with E-state index in [0.29, 0.717) is 12.2 Å². The fourth-order valence-electron chi connectivity index (χ4n) is 1.46. The maximum Gasteiger partial charge on any atom is 0.233 e. The van der Waals surface area contributed by atoms with Crippen LogP contribution in [-0.4, -0.2) is 41.4 Å². The number of anilines is 2. The minimum atomic E-state index is -3.28. The first-order valence-electron chi connectivity index (χ1n) is 5.93. The van der Waals surface area contributed by atoms with Crippen molar-refractivity contribution < 1.29 is 8.42 Å². The molecule has 0 aliphatic heterocycles. The van der Waals surface area contributed by atoms with Crippen LogP contribution in [0.25, 0.3) is 0 Å². The molecule has 5 nitrogen and oxygen atoms in total. The van der Waals surface area contributed by atoms with Gasteiger partial charge < -0.3 is 10.2 Å². The van der Waals surface area contributed by atoms with E-state index in [-0.39, 0.29) is 5.75 Å². The summed E-state index contributed by atoms with van der Waals surface area (Å²) in [7, 11) is 0.551. The summed E-state index contributed by atoms with van der Waals surface area (Å²) in [5.74, 6) is 0.0764. The molecule has 0 heterocycles. The van der Waals surface area contributed by atoms with Crippen molar-refractivity contribution >= 4 is 21.4 Å². The van der Waals surface area contributed by atoms with E-state index < -0.39 is 10.0 Å². The molecule has 0 bridgehead atoms. The fraction of sp³-hybridized carbons (Fsp3) is 0.500. The average molecular weight is 271 g/mol. The third kappa shape index (κ3) is 4.93. The van der Waals surface area contributed by atoms with Crippen molar-refractivity contribution in [2.24, 2.45) is 0 Å². The number of nitrogens with one attached hydrogen (secondary N) is 2. The third-order valence-corrected chi connectivity index (χ3v) is 3.72. The van der Waals surface area contributed by atoms with Gasteiger partial charge in [0, 0.05) is 26.3 Å². The zero-order valence-corrected chi connectivity index (χ0v) is 11.9. The molecule has 0 radical (unpaired) electrons. The molecule has 0 aliphatic rings. The lowest BCUT2D eigenvalue weighted by Gasteiger charge is -2.14. The Kier molecular flexibility index (Phi) is 5.43. The van der Waals surface area contributed by atoms with Crippen molar-refractivity contribution in [3.8, 4) is 0 Å². The zero-order valence-electron chi connectivity index (χ0n) is 11.1. The molecule has 0 fully saturated rings. The van der Waals surface area contributed by atoms with Gasteiger partial charge in [-0.05, 0) is 24.7 Å². The molecule has 0 atom stereocenters. The fourth-order valence-corrected chi connectivity index (χ4v) is 2.46. The molecule has 0 spiro atoms. The number of sulfonamides is 1. The van der Waals surface area contributed by atoms with Crippen molar-refractivity contribution in [3.05, 3.63) is 24.3 Å². The van der Waals surface area contributed by atoms with E-state index in [0.717, 1.165) is 12.2 Å². The Morgan fingerprint density at radius 1 is 1.28 bits per heavy atom. The van der Waals surface area contributed by atoms with Crippen LogP contribution in [0.1, 0.15) is 6.92 Å². The lowest BCUT2D eigenvalue weighted by molar-refractivity contribution is 0.597. The van der Waals surface area contributed by atoms with Crippen LogP contribution >= 0.6 is 0 Å². The van der Waals surface area contributed by atoms with Crippen LogP contribution in [0.5, 0.6) is 0 Å². The third-order valence-electron chi connectivity index (χ3n) is 2.43. The second-order valence-electron chi connectivity index (χ2n) is 4.22. The highest BCUT2D eigenvalue weighted by Gasteiger charge is 2.10. The summed E-state index contributed by atoms with van der Waals surface area (Å²) in [6, 6.07) is 7.32. The molecule has 0 aliphatic carbocycles. The van der Waals surface area contributed by atoms with Gasteiger partial charge in [0.1, 0.15) is 0 Å². The summed E-state index contributed by atoms with van der Waals surface area (Å²) in [5, 5.41) is 2.99. The molecule has 6 heteroatoms. The topological polar surface area (TPSA) is 61.4 Å². The molecule has 0 saturated heterocycles. The first kappa shape index (κ1) is 14.8. The maximum atomic E-state index is 11.8. The van der Waals surface area contributed by atoms with Gasteiger partial charge in [0.2, 0.25) is 10.0 Å². The summed E-state index contributed by atoms with van der Waals surface area (Å²) >= 11 is 0. The summed E-state index contributed by atoms with van der Waals surface area (Å²) in [6.45, 7) is 3.17. The number of hydrogen-bond donors (Lipinski definition) is 2. The summed E-state index contributed by atoms with van der Waals surface area (Å²) < 4.78 is 26.2. The van der Waals surface area contributed by atoms with Crippen LogP contribution in [0, 0.1) is 0 Å². The highest BCUT2D eigenvalue weighted by Crippen LogP contribution is 2.18. The number of nitrogens with zero attached hydrogens (tertiary/aromatic N) is 1. The van der Waals surface area contributed by atoms with Gasteiger partial charge in [0.25, 0.3) is 0 Å². The van der Waals surface area contributed by atoms with E-state index in [4.69, 9.17) is 0 Å². The zero-order chi connectivity index (χ0) is 13.6. The maximum absolute atomic E-state index is 11.8. The Morgan fingerprint density at radius 3 is 2.61 bits per heavy atom. The Hall–Kier alpha value is -1.27. The van der Waals surface area contributed by atoms with Crippen molar-refractivity contribution in [1.82, 2.24) is 5.32 Å². The van der Waals surface area contributed by atoms with E-state index in [1.165, 1.54) is 0 Å². The van der Waals surface area contributed by atoms with Gasteiger partial charge in [0.15, 0.2) is 0 Å². The first-order chi connectivity index (χ1) is 8.44. The minimum Gasteiger partial charge on any atom is -0.378 e. The molecule has 1 aromatic rings. The lowest BCUT2D eigenvalue weighted by Crippen LogP contribution is -2.26. The number of hydrogen-bond acceptors (Lipinski definition) is 4. The largest absolute Gasteiger partial charge is 0.378 e. The average Bonchev–Trinajstić information content (AvgIpc) is 2.28. The highest BCUT2D eigenvalue weighted by molar-refractivity contribution is 7.92. The van der Waals surface area contributed by atoms with E-state index >= 15 is 0 Å². The van der Waals surface area contributed by atoms with Crippen molar-refractivity contribution in [1.29, 1.82) is 0 Å². The molecule has 1 rings (SSSR count). The molecule has 0 unspecified atom stereocenters. The SMILES string of the molecule is CCNCCS(=O)(=O)Nc1cccc(N(C)C)c1. The lowest BCUT2D eigenvalue weighted by atomic mass is 10.3. The summed E-state index contributed by atoms with van der Waals surface area (Å²) in [4.78, 5) is 1.93. The first-order valence-corrected chi connectivity index (χ1v) is 7.58. The van der Waals surface area contributed by atoms with Crippen LogP contribution in [0.15, 0.2) is 24.3 Å². The molecule has 0 aromatic heterocycles. The van der Waals surface area contributed by atoms with Crippen LogP contribution in [0.4, 0.5) is 11.4 Å². The Labute approximate surface area is 109 Å². The standard InChI is InChI=1S/C12H21N3O2S/c1-4-13-8-9-18(16,17)14-11-6-5-7-12(10-11)15(2)3/h5-7,10,13-14H,4,8-9H2,1-3H3. The van der Waals surface area contributed by atoms with E-state index in [1.807, 2.05) is 44.1 Å². The van der Waals surface area contributed by atoms with Gasteiger partial charge in [-0.15, -0.1) is 0 Å². The van der Waals surface area contributed by atoms with Gasteiger partial charge in [-0.25, -0.2) is 8.42 Å². The minimum absolute atomic E-state index is 0.0764. The Balaban J connectivity index is 2.69. The van der Waals surface area contributed by atoms with Gasteiger partial charge in [-0.2, -0.15) is 0 Å². The molecule has 102 valence electrons. The van der Waals surface area contributed by atoms with E-state index in [9.17, 15) is 8.42 Å². The Morgan fingerprint density at radius 2 is 2.00 bits per heavy atom. The number of benzene rings is 1. The van der Waals surface area contributed by atoms with Crippen LogP contribution in [0.2, 0.25) is 0 Å². The molecule has 0 saturated carbocycles. The van der Waals surface area contributed by atoms with Crippen molar-refractivity contribution in [2.75, 3.05) is 42.6 Å². The molecule has 0 amide bonds. The van der Waals surface area contributed by atoms with Gasteiger partial charge in [0.05, 0.1) is 11.4 Å².